The van der Waals surface area contributed by atoms with E-state index < -0.39 is 5.82 Å². The number of carbonyl (C=O) groups is 2. The Morgan fingerprint density at radius 1 is 1.02 bits per heavy atom. The standard InChI is InChI=1S/C32H28FN7O2/c33-27-4-2-1-3-22(27)19-29(41)40-14-10-23-17-24(18-25(20-34)30(23)40)28-9-11-36-32(38-28)37-26-7-5-21(6-8-26)31(42)39-15-12-35-13-16-39/h1-9,11,17-18,35H,10,12-16,19H2,(H,36,37,38). The monoisotopic (exact) mass is 561 g/mol. The zero-order valence-corrected chi connectivity index (χ0v) is 22.8. The third kappa shape index (κ3) is 5.55. The summed E-state index contributed by atoms with van der Waals surface area (Å²) < 4.78 is 14.2. The highest BCUT2D eigenvalue weighted by molar-refractivity contribution is 5.99. The van der Waals surface area contributed by atoms with Gasteiger partial charge in [-0.15, -0.1) is 0 Å². The molecule has 1 fully saturated rings. The van der Waals surface area contributed by atoms with Gasteiger partial charge in [0.25, 0.3) is 5.91 Å². The fraction of sp³-hybridized carbons (Fsp3) is 0.219. The second kappa shape index (κ2) is 11.8. The Morgan fingerprint density at radius 3 is 2.57 bits per heavy atom. The Balaban J connectivity index is 1.19. The van der Waals surface area contributed by atoms with Gasteiger partial charge in [-0.05, 0) is 66.1 Å². The molecular weight excluding hydrogens is 533 g/mol. The summed E-state index contributed by atoms with van der Waals surface area (Å²) in [6.45, 7) is 3.40. The predicted molar refractivity (Wildman–Crippen MR) is 157 cm³/mol. The number of hydrogen-bond acceptors (Lipinski definition) is 7. The lowest BCUT2D eigenvalue weighted by Gasteiger charge is -2.27. The molecule has 0 unspecified atom stereocenters. The number of aromatic nitrogens is 2. The Morgan fingerprint density at radius 2 is 1.81 bits per heavy atom. The van der Waals surface area contributed by atoms with Crippen molar-refractivity contribution in [3.05, 3.63) is 101 Å². The second-order valence-electron chi connectivity index (χ2n) is 10.2. The van der Waals surface area contributed by atoms with Crippen molar-refractivity contribution in [3.63, 3.8) is 0 Å². The number of benzene rings is 3. The average Bonchev–Trinajstić information content (AvgIpc) is 3.47. The lowest BCUT2D eigenvalue weighted by molar-refractivity contribution is -0.117. The Labute approximate surface area is 242 Å². The fourth-order valence-corrected chi connectivity index (χ4v) is 5.39. The molecule has 2 amide bonds. The van der Waals surface area contributed by atoms with Gasteiger partial charge in [0.15, 0.2) is 0 Å². The number of amides is 2. The largest absolute Gasteiger partial charge is 0.336 e. The molecule has 2 N–H and O–H groups in total. The maximum absolute atomic E-state index is 14.2. The van der Waals surface area contributed by atoms with Crippen LogP contribution in [0.25, 0.3) is 11.3 Å². The van der Waals surface area contributed by atoms with Gasteiger partial charge in [0.05, 0.1) is 23.4 Å². The van der Waals surface area contributed by atoms with Gasteiger partial charge in [0.1, 0.15) is 11.9 Å². The summed E-state index contributed by atoms with van der Waals surface area (Å²) >= 11 is 0. The lowest BCUT2D eigenvalue weighted by atomic mass is 10.0. The van der Waals surface area contributed by atoms with Crippen LogP contribution in [0.1, 0.15) is 27.0 Å². The molecule has 0 radical (unpaired) electrons. The molecule has 3 heterocycles. The SMILES string of the molecule is N#Cc1cc(-c2ccnc(Nc3ccc(C(=O)N4CCNCC4)cc3)n2)cc2c1N(C(=O)Cc1ccccc1F)CC2. The van der Waals surface area contributed by atoms with E-state index in [4.69, 9.17) is 0 Å². The van der Waals surface area contributed by atoms with Gasteiger partial charge in [0, 0.05) is 55.7 Å². The van der Waals surface area contributed by atoms with Crippen LogP contribution in [0.2, 0.25) is 0 Å². The maximum atomic E-state index is 14.2. The number of piperazine rings is 1. The maximum Gasteiger partial charge on any atom is 0.253 e. The van der Waals surface area contributed by atoms with Crippen molar-refractivity contribution in [3.8, 4) is 17.3 Å². The van der Waals surface area contributed by atoms with E-state index in [1.54, 1.807) is 53.6 Å². The number of nitrogens with one attached hydrogen (secondary N) is 2. The summed E-state index contributed by atoms with van der Waals surface area (Å²) in [6.07, 6.45) is 2.14. The quantitative estimate of drug-likeness (QED) is 0.365. The zero-order valence-electron chi connectivity index (χ0n) is 22.8. The highest BCUT2D eigenvalue weighted by Gasteiger charge is 2.29. The molecule has 0 saturated carbocycles. The highest BCUT2D eigenvalue weighted by Crippen LogP contribution is 2.36. The Hall–Kier alpha value is -5.14. The average molecular weight is 562 g/mol. The summed E-state index contributed by atoms with van der Waals surface area (Å²) in [7, 11) is 0. The molecule has 2 aliphatic rings. The van der Waals surface area contributed by atoms with E-state index in [0.29, 0.717) is 60.1 Å². The molecule has 3 aromatic carbocycles. The first-order valence-electron chi connectivity index (χ1n) is 13.8. The number of rotatable bonds is 6. The van der Waals surface area contributed by atoms with Crippen LogP contribution >= 0.6 is 0 Å². The molecule has 0 aliphatic carbocycles. The van der Waals surface area contributed by atoms with Crippen LogP contribution < -0.4 is 15.5 Å². The minimum atomic E-state index is -0.422. The van der Waals surface area contributed by atoms with Crippen LogP contribution in [0.5, 0.6) is 0 Å². The van der Waals surface area contributed by atoms with Gasteiger partial charge in [-0.25, -0.2) is 14.4 Å². The van der Waals surface area contributed by atoms with Crippen LogP contribution in [-0.4, -0.2) is 59.4 Å². The van der Waals surface area contributed by atoms with Crippen molar-refractivity contribution in [2.24, 2.45) is 0 Å². The molecule has 1 aromatic heterocycles. The van der Waals surface area contributed by atoms with E-state index in [1.807, 2.05) is 23.1 Å². The van der Waals surface area contributed by atoms with Crippen molar-refractivity contribution >= 4 is 29.1 Å². The van der Waals surface area contributed by atoms with E-state index in [0.717, 1.165) is 29.9 Å². The highest BCUT2D eigenvalue weighted by atomic mass is 19.1. The molecule has 10 heteroatoms. The van der Waals surface area contributed by atoms with Crippen molar-refractivity contribution in [1.29, 1.82) is 5.26 Å². The second-order valence-corrected chi connectivity index (χ2v) is 10.2. The zero-order chi connectivity index (χ0) is 29.1. The lowest BCUT2D eigenvalue weighted by Crippen LogP contribution is -2.46. The minimum absolute atomic E-state index is 0.0127. The molecule has 210 valence electrons. The molecule has 42 heavy (non-hydrogen) atoms. The van der Waals surface area contributed by atoms with Gasteiger partial charge < -0.3 is 20.4 Å². The first-order valence-corrected chi connectivity index (χ1v) is 13.8. The first kappa shape index (κ1) is 27.1. The van der Waals surface area contributed by atoms with Crippen LogP contribution in [0, 0.1) is 17.1 Å². The number of halogens is 1. The molecule has 2 aliphatic heterocycles. The van der Waals surface area contributed by atoms with Crippen LogP contribution in [0.4, 0.5) is 21.7 Å². The number of carbonyl (C=O) groups excluding carboxylic acids is 2. The normalized spacial score (nSPS) is 14.3. The van der Waals surface area contributed by atoms with Gasteiger partial charge in [-0.1, -0.05) is 18.2 Å². The van der Waals surface area contributed by atoms with Gasteiger partial charge >= 0.3 is 0 Å². The van der Waals surface area contributed by atoms with Crippen molar-refractivity contribution < 1.29 is 14.0 Å². The molecule has 0 atom stereocenters. The Bertz CT molecular complexity index is 1690. The molecular formula is C32H28FN7O2. The Kier molecular flexibility index (Phi) is 7.58. The van der Waals surface area contributed by atoms with Crippen molar-refractivity contribution in [2.75, 3.05) is 42.9 Å². The summed E-state index contributed by atoms with van der Waals surface area (Å²) in [5.41, 5.74) is 4.84. The molecule has 0 spiro atoms. The molecule has 9 nitrogen and oxygen atoms in total. The minimum Gasteiger partial charge on any atom is -0.336 e. The number of nitrogens with zero attached hydrogens (tertiary/aromatic N) is 5. The predicted octanol–water partition coefficient (Wildman–Crippen LogP) is 4.08. The smallest absolute Gasteiger partial charge is 0.253 e. The van der Waals surface area contributed by atoms with Gasteiger partial charge in [-0.2, -0.15) is 5.26 Å². The van der Waals surface area contributed by atoms with E-state index in [-0.39, 0.29) is 18.2 Å². The topological polar surface area (TPSA) is 114 Å². The van der Waals surface area contributed by atoms with E-state index >= 15 is 0 Å². The third-order valence-electron chi connectivity index (χ3n) is 7.53. The fourth-order valence-electron chi connectivity index (χ4n) is 5.39. The van der Waals surface area contributed by atoms with Crippen LogP contribution in [0.3, 0.4) is 0 Å². The van der Waals surface area contributed by atoms with Crippen molar-refractivity contribution in [1.82, 2.24) is 20.2 Å². The summed E-state index contributed by atoms with van der Waals surface area (Å²) in [5.74, 6) is -0.292. The molecule has 6 rings (SSSR count). The number of fused-ring (bicyclic) bond motifs is 1. The van der Waals surface area contributed by atoms with E-state index in [1.165, 1.54) is 6.07 Å². The summed E-state index contributed by atoms with van der Waals surface area (Å²) in [4.78, 5) is 38.3. The van der Waals surface area contributed by atoms with Gasteiger partial charge in [-0.3, -0.25) is 9.59 Å². The first-order chi connectivity index (χ1) is 20.5. The van der Waals surface area contributed by atoms with E-state index in [2.05, 4.69) is 26.7 Å². The molecule has 0 bridgehead atoms. The summed E-state index contributed by atoms with van der Waals surface area (Å²) in [6, 6.07) is 21.1. The van der Waals surface area contributed by atoms with E-state index in [9.17, 15) is 19.2 Å². The third-order valence-corrected chi connectivity index (χ3v) is 7.53. The summed E-state index contributed by atoms with van der Waals surface area (Å²) in [5, 5.41) is 16.4. The molecule has 1 saturated heterocycles. The molecule has 4 aromatic rings. The number of hydrogen-bond donors (Lipinski definition) is 2. The van der Waals surface area contributed by atoms with Crippen LogP contribution in [0.15, 0.2) is 72.9 Å². The van der Waals surface area contributed by atoms with Gasteiger partial charge in [0.2, 0.25) is 11.9 Å². The van der Waals surface area contributed by atoms with Crippen LogP contribution in [-0.2, 0) is 17.6 Å². The number of anilines is 3. The van der Waals surface area contributed by atoms with Crippen molar-refractivity contribution in [2.45, 2.75) is 12.8 Å². The number of nitriles is 1.